The van der Waals surface area contributed by atoms with Gasteiger partial charge in [-0.25, -0.2) is 0 Å². The quantitative estimate of drug-likeness (QED) is 0.568. The second-order valence-electron chi connectivity index (χ2n) is 4.40. The van der Waals surface area contributed by atoms with Gasteiger partial charge in [0.1, 0.15) is 0 Å². The topological polar surface area (TPSA) is 61.1 Å². The number of allylic oxidation sites excluding steroid dienone is 4. The summed E-state index contributed by atoms with van der Waals surface area (Å²) in [7, 11) is 0. The van der Waals surface area contributed by atoms with Crippen molar-refractivity contribution in [2.24, 2.45) is 17.3 Å². The van der Waals surface area contributed by atoms with Crippen LogP contribution >= 0.6 is 0 Å². The predicted octanol–water partition coefficient (Wildman–Crippen LogP) is 2.37. The number of carboxylic acids is 1. The molecule has 1 N–H and O–H groups in total. The summed E-state index contributed by atoms with van der Waals surface area (Å²) in [5, 5.41) is 17.8. The van der Waals surface area contributed by atoms with Crippen LogP contribution in [0.3, 0.4) is 0 Å². The lowest BCUT2D eigenvalue weighted by Gasteiger charge is -1.96. The Morgan fingerprint density at radius 3 is 2.47 bits per heavy atom. The van der Waals surface area contributed by atoms with Crippen LogP contribution in [-0.2, 0) is 4.79 Å². The van der Waals surface area contributed by atoms with Crippen LogP contribution in [0.2, 0.25) is 0 Å². The van der Waals surface area contributed by atoms with E-state index < -0.39 is 5.97 Å². The number of hydrogen-bond acceptors (Lipinski definition) is 2. The van der Waals surface area contributed by atoms with Crippen molar-refractivity contribution >= 4 is 5.97 Å². The lowest BCUT2D eigenvalue weighted by molar-refractivity contribution is -0.139. The summed E-state index contributed by atoms with van der Waals surface area (Å²) in [6, 6.07) is 2.05. The maximum absolute atomic E-state index is 10.9. The molecule has 1 rings (SSSR count). The van der Waals surface area contributed by atoms with Gasteiger partial charge in [0.15, 0.2) is 0 Å². The highest BCUT2D eigenvalue weighted by Crippen LogP contribution is 2.59. The number of aliphatic carboxylic acids is 1. The number of carboxylic acid groups (broad SMARTS) is 1. The molecule has 80 valence electrons. The van der Waals surface area contributed by atoms with Crippen molar-refractivity contribution in [3.05, 3.63) is 23.8 Å². The Hall–Kier alpha value is -1.56. The van der Waals surface area contributed by atoms with E-state index in [1.165, 1.54) is 0 Å². The molecule has 0 saturated heterocycles. The predicted molar refractivity (Wildman–Crippen MR) is 56.9 cm³/mol. The average molecular weight is 205 g/mol. The van der Waals surface area contributed by atoms with Gasteiger partial charge in [0, 0.05) is 5.57 Å². The molecule has 0 spiro atoms. The third kappa shape index (κ3) is 2.10. The minimum atomic E-state index is -0.779. The minimum absolute atomic E-state index is 0.0270. The highest BCUT2D eigenvalue weighted by atomic mass is 16.4. The largest absolute Gasteiger partial charge is 0.481 e. The molecule has 0 aromatic carbocycles. The van der Waals surface area contributed by atoms with E-state index in [-0.39, 0.29) is 17.3 Å². The number of hydrogen-bond donors (Lipinski definition) is 1. The summed E-state index contributed by atoms with van der Waals surface area (Å²) in [5.74, 6) is -1.16. The molecule has 0 aromatic rings. The Morgan fingerprint density at radius 1 is 1.53 bits per heavy atom. The maximum atomic E-state index is 10.9. The number of rotatable bonds is 3. The first-order chi connectivity index (χ1) is 6.95. The maximum Gasteiger partial charge on any atom is 0.307 e. The van der Waals surface area contributed by atoms with Gasteiger partial charge in [-0.05, 0) is 24.3 Å². The Labute approximate surface area is 89.7 Å². The molecule has 3 heteroatoms. The van der Waals surface area contributed by atoms with E-state index in [0.717, 1.165) is 0 Å². The van der Waals surface area contributed by atoms with Crippen LogP contribution in [0.5, 0.6) is 0 Å². The van der Waals surface area contributed by atoms with Gasteiger partial charge in [-0.1, -0.05) is 26.0 Å². The van der Waals surface area contributed by atoms with Gasteiger partial charge < -0.3 is 5.11 Å². The Morgan fingerprint density at radius 2 is 2.13 bits per heavy atom. The number of carbonyl (C=O) groups is 1. The van der Waals surface area contributed by atoms with Crippen LogP contribution < -0.4 is 0 Å². The zero-order valence-electron chi connectivity index (χ0n) is 9.19. The van der Waals surface area contributed by atoms with E-state index in [4.69, 9.17) is 10.4 Å². The third-order valence-electron chi connectivity index (χ3n) is 3.01. The van der Waals surface area contributed by atoms with E-state index in [2.05, 4.69) is 6.07 Å². The van der Waals surface area contributed by atoms with Gasteiger partial charge in [0.2, 0.25) is 0 Å². The molecular formula is C12H15NO2. The summed E-state index contributed by atoms with van der Waals surface area (Å²) in [6.45, 7) is 5.66. The molecule has 0 unspecified atom stereocenters. The lowest BCUT2D eigenvalue weighted by atomic mass is 10.1. The van der Waals surface area contributed by atoms with Crippen LogP contribution in [0.25, 0.3) is 0 Å². The molecule has 0 heterocycles. The molecule has 1 saturated carbocycles. The summed E-state index contributed by atoms with van der Waals surface area (Å²) < 4.78 is 0. The number of nitrogens with zero attached hydrogens (tertiary/aromatic N) is 1. The second-order valence-corrected chi connectivity index (χ2v) is 4.40. The molecule has 1 aliphatic carbocycles. The molecule has 1 aliphatic rings. The van der Waals surface area contributed by atoms with Crippen molar-refractivity contribution < 1.29 is 9.90 Å². The van der Waals surface area contributed by atoms with Crippen molar-refractivity contribution in [2.75, 3.05) is 0 Å². The fourth-order valence-electron chi connectivity index (χ4n) is 1.96. The van der Waals surface area contributed by atoms with Crippen molar-refractivity contribution in [3.8, 4) is 6.07 Å². The van der Waals surface area contributed by atoms with E-state index in [0.29, 0.717) is 5.57 Å². The van der Waals surface area contributed by atoms with Crippen molar-refractivity contribution in [3.63, 3.8) is 0 Å². The van der Waals surface area contributed by atoms with Gasteiger partial charge in [0.05, 0.1) is 12.0 Å². The highest BCUT2D eigenvalue weighted by molar-refractivity contribution is 5.76. The van der Waals surface area contributed by atoms with Gasteiger partial charge >= 0.3 is 5.97 Å². The molecule has 3 nitrogen and oxygen atoms in total. The van der Waals surface area contributed by atoms with Crippen molar-refractivity contribution in [1.82, 2.24) is 0 Å². The van der Waals surface area contributed by atoms with Crippen LogP contribution in [0.15, 0.2) is 23.8 Å². The lowest BCUT2D eigenvalue weighted by Crippen LogP contribution is -2.03. The Bertz CT molecular complexity index is 372. The smallest absolute Gasteiger partial charge is 0.307 e. The van der Waals surface area contributed by atoms with E-state index in [1.807, 2.05) is 20.8 Å². The fourth-order valence-corrected chi connectivity index (χ4v) is 1.96. The highest BCUT2D eigenvalue weighted by Gasteiger charge is 2.60. The average Bonchev–Trinajstić information content (AvgIpc) is 2.67. The first-order valence-corrected chi connectivity index (χ1v) is 4.92. The molecule has 2 atom stereocenters. The van der Waals surface area contributed by atoms with Crippen LogP contribution in [-0.4, -0.2) is 11.1 Å². The van der Waals surface area contributed by atoms with Crippen LogP contribution in [0, 0.1) is 28.6 Å². The summed E-state index contributed by atoms with van der Waals surface area (Å²) >= 11 is 0. The summed E-state index contributed by atoms with van der Waals surface area (Å²) in [4.78, 5) is 10.9. The second kappa shape index (κ2) is 3.90. The first kappa shape index (κ1) is 11.5. The molecule has 15 heavy (non-hydrogen) atoms. The standard InChI is InChI=1S/C12H15NO2/c1-4-5-8(7-13)6-9-10(11(14)15)12(9,2)3/h4-6,9-10H,1-3H3,(H,14,15)/b5-4+,8-6-/t9-,10+/m0/s1. The van der Waals surface area contributed by atoms with Crippen LogP contribution in [0.4, 0.5) is 0 Å². The molecule has 1 fully saturated rings. The molecule has 0 radical (unpaired) electrons. The zero-order chi connectivity index (χ0) is 11.6. The molecule has 0 bridgehead atoms. The number of nitriles is 1. The Kier molecular flexibility index (Phi) is 2.99. The summed E-state index contributed by atoms with van der Waals surface area (Å²) in [6.07, 6.45) is 5.24. The molecule has 0 aromatic heterocycles. The van der Waals surface area contributed by atoms with E-state index in [9.17, 15) is 4.79 Å². The van der Waals surface area contributed by atoms with Gasteiger partial charge in [-0.3, -0.25) is 4.79 Å². The first-order valence-electron chi connectivity index (χ1n) is 4.92. The van der Waals surface area contributed by atoms with Crippen LogP contribution in [0.1, 0.15) is 20.8 Å². The molecule has 0 aliphatic heterocycles. The Balaban J connectivity index is 2.86. The minimum Gasteiger partial charge on any atom is -0.481 e. The van der Waals surface area contributed by atoms with Crippen molar-refractivity contribution in [2.45, 2.75) is 20.8 Å². The molecule has 0 amide bonds. The fraction of sp³-hybridized carbons (Fsp3) is 0.500. The molecular weight excluding hydrogens is 190 g/mol. The van der Waals surface area contributed by atoms with E-state index >= 15 is 0 Å². The van der Waals surface area contributed by atoms with Gasteiger partial charge in [-0.15, -0.1) is 0 Å². The zero-order valence-corrected chi connectivity index (χ0v) is 9.19. The van der Waals surface area contributed by atoms with Gasteiger partial charge in [-0.2, -0.15) is 5.26 Å². The normalized spacial score (nSPS) is 28.8. The monoisotopic (exact) mass is 205 g/mol. The van der Waals surface area contributed by atoms with Gasteiger partial charge in [0.25, 0.3) is 0 Å². The van der Waals surface area contributed by atoms with Crippen molar-refractivity contribution in [1.29, 1.82) is 5.26 Å². The summed E-state index contributed by atoms with van der Waals surface area (Å²) in [5.41, 5.74) is 0.314. The SMILES string of the molecule is C/C=C/C(C#N)=C/[C@H]1[C@H](C(=O)O)C1(C)C. The third-order valence-corrected chi connectivity index (χ3v) is 3.01. The van der Waals surface area contributed by atoms with E-state index in [1.54, 1.807) is 18.2 Å².